The maximum Gasteiger partial charge on any atom is 0.339 e. The van der Waals surface area contributed by atoms with Crippen molar-refractivity contribution in [2.75, 3.05) is 7.11 Å². The Hall–Kier alpha value is -1.84. The molecule has 1 aromatic carbocycles. The lowest BCUT2D eigenvalue weighted by molar-refractivity contribution is -0.130. The molecule has 0 aliphatic rings. The van der Waals surface area contributed by atoms with Crippen molar-refractivity contribution in [2.45, 2.75) is 0 Å². The summed E-state index contributed by atoms with van der Waals surface area (Å²) >= 11 is 0. The molecule has 0 aliphatic heterocycles. The molecule has 3 nitrogen and oxygen atoms in total. The van der Waals surface area contributed by atoms with Gasteiger partial charge in [-0.2, -0.15) is 0 Å². The molecule has 0 atom stereocenters. The second-order valence-electron chi connectivity index (χ2n) is 2.58. The van der Waals surface area contributed by atoms with Crippen molar-refractivity contribution in [2.24, 2.45) is 0 Å². The van der Waals surface area contributed by atoms with Crippen LogP contribution in [0.1, 0.15) is 5.56 Å². The zero-order valence-electron chi connectivity index (χ0n) is 7.53. The first-order chi connectivity index (χ1) is 6.65. The Labute approximate surface area is 80.4 Å². The number of ether oxygens (including phenoxy) is 1. The molecule has 74 valence electrons. The zero-order valence-corrected chi connectivity index (χ0v) is 7.53. The van der Waals surface area contributed by atoms with Gasteiger partial charge >= 0.3 is 5.97 Å². The van der Waals surface area contributed by atoms with Gasteiger partial charge in [0.15, 0.2) is 0 Å². The topological polar surface area (TPSA) is 46.5 Å². The third kappa shape index (κ3) is 2.32. The molecule has 0 unspecified atom stereocenters. The van der Waals surface area contributed by atoms with Gasteiger partial charge in [0, 0.05) is 0 Å². The molecule has 0 fully saturated rings. The Bertz CT molecular complexity index is 354. The maximum atomic E-state index is 12.5. The van der Waals surface area contributed by atoms with E-state index < -0.39 is 11.8 Å². The third-order valence-electron chi connectivity index (χ3n) is 1.62. The van der Waals surface area contributed by atoms with E-state index in [0.717, 1.165) is 6.26 Å². The summed E-state index contributed by atoms with van der Waals surface area (Å²) in [6.45, 7) is 0. The molecule has 0 saturated heterocycles. The minimum atomic E-state index is -1.11. The van der Waals surface area contributed by atoms with Crippen LogP contribution in [-0.2, 0) is 9.53 Å². The number of carboxylic acids is 1. The Morgan fingerprint density at radius 1 is 1.43 bits per heavy atom. The van der Waals surface area contributed by atoms with Gasteiger partial charge < -0.3 is 9.84 Å². The number of hydrogen-bond donors (Lipinski definition) is 1. The van der Waals surface area contributed by atoms with E-state index in [1.165, 1.54) is 31.4 Å². The van der Waals surface area contributed by atoms with Gasteiger partial charge in [0.1, 0.15) is 11.4 Å². The van der Waals surface area contributed by atoms with Gasteiger partial charge in [0.25, 0.3) is 0 Å². The highest BCUT2D eigenvalue weighted by Gasteiger charge is 2.10. The maximum absolute atomic E-state index is 12.5. The van der Waals surface area contributed by atoms with E-state index >= 15 is 0 Å². The molecule has 1 N–H and O–H groups in total. The first kappa shape index (κ1) is 10.2. The Balaban J connectivity index is 3.06. The Morgan fingerprint density at radius 3 is 2.43 bits per heavy atom. The minimum absolute atomic E-state index is 0.00694. The highest BCUT2D eigenvalue weighted by atomic mass is 19.1. The lowest BCUT2D eigenvalue weighted by atomic mass is 10.1. The summed E-state index contributed by atoms with van der Waals surface area (Å²) in [5, 5.41) is 8.79. The monoisotopic (exact) mass is 196 g/mol. The minimum Gasteiger partial charge on any atom is -0.503 e. The Kier molecular flexibility index (Phi) is 3.23. The summed E-state index contributed by atoms with van der Waals surface area (Å²) < 4.78 is 17.2. The molecule has 1 rings (SSSR count). The van der Waals surface area contributed by atoms with Gasteiger partial charge in [-0.1, -0.05) is 12.1 Å². The third-order valence-corrected chi connectivity index (χ3v) is 1.62. The second kappa shape index (κ2) is 4.41. The SMILES string of the molecule is COC=C(C(=O)O)c1ccc(F)cc1. The smallest absolute Gasteiger partial charge is 0.339 e. The number of methoxy groups -OCH3 is 1. The summed E-state index contributed by atoms with van der Waals surface area (Å²) in [6, 6.07) is 5.16. The molecular weight excluding hydrogens is 187 g/mol. The normalized spacial score (nSPS) is 11.1. The predicted molar refractivity (Wildman–Crippen MR) is 49.0 cm³/mol. The number of hydrogen-bond acceptors (Lipinski definition) is 2. The quantitative estimate of drug-likeness (QED) is 0.593. The first-order valence-electron chi connectivity index (χ1n) is 3.87. The van der Waals surface area contributed by atoms with Gasteiger partial charge in [0.05, 0.1) is 13.4 Å². The predicted octanol–water partition coefficient (Wildman–Crippen LogP) is 1.90. The molecule has 4 heteroatoms. The van der Waals surface area contributed by atoms with Crippen LogP contribution in [0.4, 0.5) is 4.39 Å². The van der Waals surface area contributed by atoms with Crippen molar-refractivity contribution < 1.29 is 19.0 Å². The molecule has 14 heavy (non-hydrogen) atoms. The average Bonchev–Trinajstić information content (AvgIpc) is 2.15. The van der Waals surface area contributed by atoms with Crippen molar-refractivity contribution in [3.63, 3.8) is 0 Å². The summed E-state index contributed by atoms with van der Waals surface area (Å²) in [6.07, 6.45) is 1.11. The van der Waals surface area contributed by atoms with Gasteiger partial charge in [-0.05, 0) is 17.7 Å². The molecule has 0 saturated carbocycles. The van der Waals surface area contributed by atoms with Gasteiger partial charge in [0.2, 0.25) is 0 Å². The van der Waals surface area contributed by atoms with Crippen molar-refractivity contribution >= 4 is 11.5 Å². The number of halogens is 1. The van der Waals surface area contributed by atoms with Crippen LogP contribution in [0.5, 0.6) is 0 Å². The summed E-state index contributed by atoms with van der Waals surface area (Å²) in [5.74, 6) is -1.52. The number of aliphatic carboxylic acids is 1. The van der Waals surface area contributed by atoms with E-state index in [2.05, 4.69) is 4.74 Å². The van der Waals surface area contributed by atoms with E-state index in [9.17, 15) is 9.18 Å². The van der Waals surface area contributed by atoms with Gasteiger partial charge in [-0.25, -0.2) is 9.18 Å². The number of carboxylic acid groups (broad SMARTS) is 1. The fourth-order valence-electron chi connectivity index (χ4n) is 0.989. The highest BCUT2D eigenvalue weighted by molar-refractivity contribution is 6.14. The lowest BCUT2D eigenvalue weighted by Crippen LogP contribution is -2.00. The molecule has 0 bridgehead atoms. The van der Waals surface area contributed by atoms with Crippen LogP contribution in [0, 0.1) is 5.82 Å². The van der Waals surface area contributed by atoms with Crippen LogP contribution < -0.4 is 0 Å². The molecular formula is C10H9FO3. The molecule has 0 aliphatic carbocycles. The molecule has 0 spiro atoms. The van der Waals surface area contributed by atoms with Crippen molar-refractivity contribution in [1.82, 2.24) is 0 Å². The Morgan fingerprint density at radius 2 is 2.00 bits per heavy atom. The van der Waals surface area contributed by atoms with Gasteiger partial charge in [-0.15, -0.1) is 0 Å². The van der Waals surface area contributed by atoms with Crippen LogP contribution in [0.2, 0.25) is 0 Å². The number of benzene rings is 1. The summed E-state index contributed by atoms with van der Waals surface area (Å²) in [5.41, 5.74) is 0.397. The summed E-state index contributed by atoms with van der Waals surface area (Å²) in [7, 11) is 1.35. The van der Waals surface area contributed by atoms with Crippen LogP contribution in [-0.4, -0.2) is 18.2 Å². The van der Waals surface area contributed by atoms with Crippen LogP contribution >= 0.6 is 0 Å². The fourth-order valence-corrected chi connectivity index (χ4v) is 0.989. The highest BCUT2D eigenvalue weighted by Crippen LogP contribution is 2.15. The first-order valence-corrected chi connectivity index (χ1v) is 3.87. The zero-order chi connectivity index (χ0) is 10.6. The average molecular weight is 196 g/mol. The van der Waals surface area contributed by atoms with E-state index in [1.54, 1.807) is 0 Å². The largest absolute Gasteiger partial charge is 0.503 e. The summed E-state index contributed by atoms with van der Waals surface area (Å²) in [4.78, 5) is 10.7. The number of rotatable bonds is 3. The van der Waals surface area contributed by atoms with E-state index in [-0.39, 0.29) is 5.57 Å². The standard InChI is InChI=1S/C10H9FO3/c1-14-6-9(10(12)13)7-2-4-8(11)5-3-7/h2-6H,1H3,(H,12,13). The van der Waals surface area contributed by atoms with E-state index in [1.807, 2.05) is 0 Å². The lowest BCUT2D eigenvalue weighted by Gasteiger charge is -2.01. The van der Waals surface area contributed by atoms with Crippen molar-refractivity contribution in [1.29, 1.82) is 0 Å². The molecule has 0 heterocycles. The molecule has 0 radical (unpaired) electrons. The molecule has 1 aromatic rings. The van der Waals surface area contributed by atoms with E-state index in [0.29, 0.717) is 5.56 Å². The fraction of sp³-hybridized carbons (Fsp3) is 0.100. The molecule has 0 aromatic heterocycles. The van der Waals surface area contributed by atoms with Crippen molar-refractivity contribution in [3.05, 3.63) is 41.9 Å². The molecule has 0 amide bonds. The van der Waals surface area contributed by atoms with Crippen LogP contribution in [0.25, 0.3) is 5.57 Å². The van der Waals surface area contributed by atoms with Crippen LogP contribution in [0.3, 0.4) is 0 Å². The number of carbonyl (C=O) groups is 1. The van der Waals surface area contributed by atoms with E-state index in [4.69, 9.17) is 5.11 Å². The van der Waals surface area contributed by atoms with Crippen LogP contribution in [0.15, 0.2) is 30.5 Å². The van der Waals surface area contributed by atoms with Crippen molar-refractivity contribution in [3.8, 4) is 0 Å². The van der Waals surface area contributed by atoms with Gasteiger partial charge in [-0.3, -0.25) is 0 Å². The second-order valence-corrected chi connectivity index (χ2v) is 2.58.